The smallest absolute Gasteiger partial charge is 0.256 e. The topological polar surface area (TPSA) is 52.6 Å². The van der Waals surface area contributed by atoms with Gasteiger partial charge in [-0.1, -0.05) is 38.1 Å². The van der Waals surface area contributed by atoms with Crippen LogP contribution in [-0.4, -0.2) is 64.4 Å². The fourth-order valence-electron chi connectivity index (χ4n) is 5.28. The van der Waals surface area contributed by atoms with Gasteiger partial charge in [0.05, 0.1) is 5.56 Å². The van der Waals surface area contributed by atoms with Gasteiger partial charge in [-0.05, 0) is 36.8 Å². The molecule has 3 aliphatic rings. The number of anilines is 1. The molecule has 1 aromatic heterocycles. The van der Waals surface area contributed by atoms with Gasteiger partial charge in [-0.15, -0.1) is 0 Å². The van der Waals surface area contributed by atoms with Crippen LogP contribution in [0, 0.1) is 5.41 Å². The van der Waals surface area contributed by atoms with E-state index < -0.39 is 0 Å². The fraction of sp³-hybridized carbons (Fsp3) is 0.560. The lowest BCUT2D eigenvalue weighted by Gasteiger charge is -2.47. The van der Waals surface area contributed by atoms with Crippen LogP contribution in [0.25, 0.3) is 0 Å². The molecule has 5 rings (SSSR count). The van der Waals surface area contributed by atoms with E-state index in [0.717, 1.165) is 64.5 Å². The Morgan fingerprint density at radius 3 is 2.42 bits per heavy atom. The summed E-state index contributed by atoms with van der Waals surface area (Å²) in [6.07, 6.45) is 7.79. The Balaban J connectivity index is 1.15. The van der Waals surface area contributed by atoms with Crippen molar-refractivity contribution in [1.82, 2.24) is 19.8 Å². The molecule has 1 aromatic carbocycles. The monoisotopic (exact) mass is 419 g/mol. The Hall–Kier alpha value is -2.47. The van der Waals surface area contributed by atoms with E-state index in [0.29, 0.717) is 17.0 Å². The number of piperidine rings is 1. The van der Waals surface area contributed by atoms with Crippen LogP contribution in [0.1, 0.15) is 54.6 Å². The van der Waals surface area contributed by atoms with Gasteiger partial charge in [0, 0.05) is 63.1 Å². The lowest BCUT2D eigenvalue weighted by atomic mass is 9.80. The molecule has 2 fully saturated rings. The number of carbonyl (C=O) groups is 1. The summed E-state index contributed by atoms with van der Waals surface area (Å²) in [5, 5.41) is 0. The van der Waals surface area contributed by atoms with Crippen LogP contribution in [0.15, 0.2) is 36.7 Å². The maximum absolute atomic E-state index is 13.0. The van der Waals surface area contributed by atoms with Crippen LogP contribution in [-0.2, 0) is 13.0 Å². The van der Waals surface area contributed by atoms with Gasteiger partial charge in [0.15, 0.2) is 0 Å². The average molecular weight is 420 g/mol. The van der Waals surface area contributed by atoms with Gasteiger partial charge < -0.3 is 9.80 Å². The van der Waals surface area contributed by atoms with E-state index in [1.54, 1.807) is 12.4 Å². The Morgan fingerprint density at radius 2 is 1.74 bits per heavy atom. The number of nitrogens with zero attached hydrogens (tertiary/aromatic N) is 5. The highest BCUT2D eigenvalue weighted by Crippen LogP contribution is 2.35. The molecule has 6 heteroatoms. The molecular weight excluding hydrogens is 386 g/mol. The molecule has 0 unspecified atom stereocenters. The third-order valence-corrected chi connectivity index (χ3v) is 7.59. The molecule has 0 bridgehead atoms. The van der Waals surface area contributed by atoms with Crippen molar-refractivity contribution in [2.75, 3.05) is 37.6 Å². The first-order valence-corrected chi connectivity index (χ1v) is 11.7. The molecule has 2 aromatic rings. The average Bonchev–Trinajstić information content (AvgIpc) is 2.81. The van der Waals surface area contributed by atoms with Crippen molar-refractivity contribution in [3.05, 3.63) is 53.3 Å². The first kappa shape index (κ1) is 20.4. The SMILES string of the molecule is CCC1(C)CN(c2ncc(C(=O)N3CCC(N4CCc5ccccc5C4)CC3)cn2)C1. The molecule has 4 heterocycles. The van der Waals surface area contributed by atoms with E-state index in [1.807, 2.05) is 4.90 Å². The molecule has 0 aliphatic carbocycles. The molecule has 1 amide bonds. The lowest BCUT2D eigenvalue weighted by Crippen LogP contribution is -2.55. The van der Waals surface area contributed by atoms with Crippen LogP contribution < -0.4 is 4.90 Å². The van der Waals surface area contributed by atoms with Crippen molar-refractivity contribution in [1.29, 1.82) is 0 Å². The lowest BCUT2D eigenvalue weighted by molar-refractivity contribution is 0.0598. The zero-order chi connectivity index (χ0) is 21.4. The van der Waals surface area contributed by atoms with Crippen molar-refractivity contribution >= 4 is 11.9 Å². The van der Waals surface area contributed by atoms with Gasteiger partial charge in [0.2, 0.25) is 5.95 Å². The van der Waals surface area contributed by atoms with E-state index in [1.165, 1.54) is 17.5 Å². The number of fused-ring (bicyclic) bond motifs is 1. The van der Waals surface area contributed by atoms with Crippen LogP contribution >= 0.6 is 0 Å². The van der Waals surface area contributed by atoms with Gasteiger partial charge in [-0.25, -0.2) is 9.97 Å². The van der Waals surface area contributed by atoms with Crippen molar-refractivity contribution in [3.8, 4) is 0 Å². The van der Waals surface area contributed by atoms with Crippen molar-refractivity contribution in [3.63, 3.8) is 0 Å². The summed E-state index contributed by atoms with van der Waals surface area (Å²) in [6.45, 7) is 10.3. The van der Waals surface area contributed by atoms with Gasteiger partial charge in [0.25, 0.3) is 5.91 Å². The minimum Gasteiger partial charge on any atom is -0.340 e. The first-order valence-electron chi connectivity index (χ1n) is 11.7. The number of likely N-dealkylation sites (tertiary alicyclic amines) is 1. The molecular formula is C25H33N5O. The molecule has 0 atom stereocenters. The zero-order valence-corrected chi connectivity index (χ0v) is 18.8. The molecule has 3 aliphatic heterocycles. The molecule has 0 saturated carbocycles. The standard InChI is InChI=1S/C25H33N5O/c1-3-25(2)17-30(18-25)24-26-14-21(15-27-24)23(31)28-12-9-22(10-13-28)29-11-8-19-6-4-5-7-20(19)16-29/h4-7,14-15,22H,3,8-13,16-18H2,1-2H3. The molecule has 2 saturated heterocycles. The molecule has 0 N–H and O–H groups in total. The highest BCUT2D eigenvalue weighted by Gasteiger charge is 2.38. The normalized spacial score (nSPS) is 21.5. The maximum Gasteiger partial charge on any atom is 0.256 e. The third kappa shape index (κ3) is 4.05. The quantitative estimate of drug-likeness (QED) is 0.761. The minimum atomic E-state index is 0.0657. The van der Waals surface area contributed by atoms with E-state index in [4.69, 9.17) is 0 Å². The molecule has 0 spiro atoms. The third-order valence-electron chi connectivity index (χ3n) is 7.59. The summed E-state index contributed by atoms with van der Waals surface area (Å²) in [7, 11) is 0. The van der Waals surface area contributed by atoms with Crippen LogP contribution in [0.4, 0.5) is 5.95 Å². The summed E-state index contributed by atoms with van der Waals surface area (Å²) < 4.78 is 0. The number of hydrogen-bond donors (Lipinski definition) is 0. The van der Waals surface area contributed by atoms with Gasteiger partial charge in [-0.3, -0.25) is 9.69 Å². The molecule has 164 valence electrons. The number of amides is 1. The summed E-state index contributed by atoms with van der Waals surface area (Å²) in [5.74, 6) is 0.808. The summed E-state index contributed by atoms with van der Waals surface area (Å²) >= 11 is 0. The maximum atomic E-state index is 13.0. The Labute approximate surface area is 185 Å². The van der Waals surface area contributed by atoms with Crippen LogP contribution in [0.2, 0.25) is 0 Å². The molecule has 6 nitrogen and oxygen atoms in total. The van der Waals surface area contributed by atoms with Crippen molar-refractivity contribution < 1.29 is 4.79 Å². The summed E-state index contributed by atoms with van der Waals surface area (Å²) in [6, 6.07) is 9.36. The minimum absolute atomic E-state index is 0.0657. The van der Waals surface area contributed by atoms with Crippen LogP contribution in [0.3, 0.4) is 0 Å². The van der Waals surface area contributed by atoms with Gasteiger partial charge >= 0.3 is 0 Å². The summed E-state index contributed by atoms with van der Waals surface area (Å²) in [4.78, 5) is 28.7. The van der Waals surface area contributed by atoms with Crippen molar-refractivity contribution in [2.45, 2.75) is 52.1 Å². The second-order valence-electron chi connectivity index (χ2n) is 9.80. The number of benzene rings is 1. The number of aromatic nitrogens is 2. The first-order chi connectivity index (χ1) is 15.0. The van der Waals surface area contributed by atoms with Crippen molar-refractivity contribution in [2.24, 2.45) is 5.41 Å². The second kappa shape index (κ2) is 8.23. The highest BCUT2D eigenvalue weighted by molar-refractivity contribution is 5.93. The predicted molar refractivity (Wildman–Crippen MR) is 122 cm³/mol. The Bertz CT molecular complexity index is 929. The predicted octanol–water partition coefficient (Wildman–Crippen LogP) is 3.38. The molecule has 0 radical (unpaired) electrons. The zero-order valence-electron chi connectivity index (χ0n) is 18.8. The van der Waals surface area contributed by atoms with Gasteiger partial charge in [0.1, 0.15) is 0 Å². The fourth-order valence-corrected chi connectivity index (χ4v) is 5.28. The van der Waals surface area contributed by atoms with Gasteiger partial charge in [-0.2, -0.15) is 0 Å². The number of hydrogen-bond acceptors (Lipinski definition) is 5. The Morgan fingerprint density at radius 1 is 1.06 bits per heavy atom. The van der Waals surface area contributed by atoms with E-state index in [-0.39, 0.29) is 5.91 Å². The van der Waals surface area contributed by atoms with E-state index >= 15 is 0 Å². The number of carbonyl (C=O) groups excluding carboxylic acids is 1. The largest absolute Gasteiger partial charge is 0.340 e. The van der Waals surface area contributed by atoms with Crippen LogP contribution in [0.5, 0.6) is 0 Å². The highest BCUT2D eigenvalue weighted by atomic mass is 16.2. The van der Waals surface area contributed by atoms with E-state index in [9.17, 15) is 4.79 Å². The van der Waals surface area contributed by atoms with E-state index in [2.05, 4.69) is 57.9 Å². The number of rotatable bonds is 4. The summed E-state index contributed by atoms with van der Waals surface area (Å²) in [5.41, 5.74) is 3.93. The Kier molecular flexibility index (Phi) is 5.42. The molecule has 31 heavy (non-hydrogen) atoms. The second-order valence-corrected chi connectivity index (χ2v) is 9.80.